The first-order chi connectivity index (χ1) is 5.22. The molecule has 3 heteroatoms. The van der Waals surface area contributed by atoms with Gasteiger partial charge in [0.15, 0.2) is 0 Å². The van der Waals surface area contributed by atoms with Gasteiger partial charge in [-0.05, 0) is 18.8 Å². The van der Waals surface area contributed by atoms with Gasteiger partial charge >= 0.3 is 0 Å². The lowest BCUT2D eigenvalue weighted by Gasteiger charge is -2.28. The molecule has 2 atom stereocenters. The first-order valence-corrected chi connectivity index (χ1v) is 5.43. The quantitative estimate of drug-likeness (QED) is 0.601. The van der Waals surface area contributed by atoms with Gasteiger partial charge in [0.2, 0.25) is 0 Å². The average Bonchev–Trinajstić information content (AvgIpc) is 2.05. The Labute approximate surface area is 70.7 Å². The lowest BCUT2D eigenvalue weighted by atomic mass is 9.87. The highest BCUT2D eigenvalue weighted by molar-refractivity contribution is 7.79. The first-order valence-electron chi connectivity index (χ1n) is 4.30. The highest BCUT2D eigenvalue weighted by Crippen LogP contribution is 2.28. The molecule has 1 saturated carbocycles. The number of hydrogen-bond acceptors (Lipinski definition) is 2. The van der Waals surface area contributed by atoms with Crippen molar-refractivity contribution >= 4 is 11.1 Å². The fraction of sp³-hybridized carbons (Fsp3) is 1.00. The molecule has 0 aromatic heterocycles. The van der Waals surface area contributed by atoms with Crippen molar-refractivity contribution in [3.05, 3.63) is 0 Å². The number of hydrogen-bond donors (Lipinski definition) is 0. The molecule has 0 saturated heterocycles. The summed E-state index contributed by atoms with van der Waals surface area (Å²) in [5.41, 5.74) is 0. The molecule has 11 heavy (non-hydrogen) atoms. The molecular weight excluding hydrogens is 160 g/mol. The minimum absolute atomic E-state index is 0.129. The Morgan fingerprint density at radius 2 is 1.91 bits per heavy atom. The van der Waals surface area contributed by atoms with Crippen LogP contribution in [0.1, 0.15) is 39.0 Å². The van der Waals surface area contributed by atoms with Crippen LogP contribution in [0.25, 0.3) is 0 Å². The van der Waals surface area contributed by atoms with Crippen LogP contribution >= 0.6 is 0 Å². The standard InChI is InChI=1S/C8H16O2S/c1-7(11(9)10)8-5-3-2-4-6-8/h7-8H,2-6H2,1H3,(H,9,10)/p-1/t7-/m0/s1. The van der Waals surface area contributed by atoms with E-state index in [1.54, 1.807) is 0 Å². The fourth-order valence-corrected chi connectivity index (χ4v) is 2.35. The zero-order valence-electron chi connectivity index (χ0n) is 6.91. The molecule has 1 unspecified atom stereocenters. The highest BCUT2D eigenvalue weighted by Gasteiger charge is 2.19. The molecular formula is C8H15O2S-. The maximum atomic E-state index is 10.6. The summed E-state index contributed by atoms with van der Waals surface area (Å²) in [4.78, 5) is 0. The highest BCUT2D eigenvalue weighted by atomic mass is 32.2. The Kier molecular flexibility index (Phi) is 3.52. The summed E-state index contributed by atoms with van der Waals surface area (Å²) in [6.07, 6.45) is 5.93. The van der Waals surface area contributed by atoms with Gasteiger partial charge in [-0.15, -0.1) is 0 Å². The minimum Gasteiger partial charge on any atom is -0.772 e. The van der Waals surface area contributed by atoms with Crippen molar-refractivity contribution < 1.29 is 8.76 Å². The van der Waals surface area contributed by atoms with Gasteiger partial charge < -0.3 is 4.55 Å². The predicted octanol–water partition coefficient (Wildman–Crippen LogP) is 1.83. The third-order valence-corrected chi connectivity index (χ3v) is 3.61. The van der Waals surface area contributed by atoms with Crippen molar-refractivity contribution in [1.29, 1.82) is 0 Å². The molecule has 0 spiro atoms. The Morgan fingerprint density at radius 1 is 1.36 bits per heavy atom. The number of rotatable bonds is 2. The Balaban J connectivity index is 2.38. The molecule has 0 aromatic carbocycles. The molecule has 1 aliphatic rings. The summed E-state index contributed by atoms with van der Waals surface area (Å²) in [6, 6.07) is 0. The molecule has 66 valence electrons. The molecule has 0 heterocycles. The van der Waals surface area contributed by atoms with E-state index in [0.29, 0.717) is 5.92 Å². The van der Waals surface area contributed by atoms with Gasteiger partial charge in [-0.1, -0.05) is 37.3 Å². The molecule has 1 rings (SSSR count). The van der Waals surface area contributed by atoms with Crippen molar-refractivity contribution in [3.8, 4) is 0 Å². The van der Waals surface area contributed by atoms with Crippen molar-refractivity contribution in [2.75, 3.05) is 0 Å². The minimum atomic E-state index is -1.86. The molecule has 0 aromatic rings. The van der Waals surface area contributed by atoms with Crippen LogP contribution in [0.5, 0.6) is 0 Å². The van der Waals surface area contributed by atoms with Crippen LogP contribution in [0.2, 0.25) is 0 Å². The SMILES string of the molecule is C[C@@H](C1CCCCC1)S(=O)[O-]. The summed E-state index contributed by atoms with van der Waals surface area (Å²) in [7, 11) is 0. The second-order valence-corrected chi connectivity index (χ2v) is 4.63. The van der Waals surface area contributed by atoms with Crippen LogP contribution in [0.15, 0.2) is 0 Å². The zero-order valence-corrected chi connectivity index (χ0v) is 7.73. The summed E-state index contributed by atoms with van der Waals surface area (Å²) in [6.45, 7) is 1.82. The van der Waals surface area contributed by atoms with Gasteiger partial charge in [-0.3, -0.25) is 4.21 Å². The molecule has 1 aliphatic carbocycles. The maximum Gasteiger partial charge on any atom is 0.0215 e. The zero-order chi connectivity index (χ0) is 8.27. The van der Waals surface area contributed by atoms with Gasteiger partial charge in [0.1, 0.15) is 0 Å². The van der Waals surface area contributed by atoms with Crippen molar-refractivity contribution in [2.24, 2.45) is 5.92 Å². The van der Waals surface area contributed by atoms with Crippen LogP contribution in [0.3, 0.4) is 0 Å². The monoisotopic (exact) mass is 175 g/mol. The smallest absolute Gasteiger partial charge is 0.0215 e. The molecule has 2 nitrogen and oxygen atoms in total. The van der Waals surface area contributed by atoms with Crippen molar-refractivity contribution in [2.45, 2.75) is 44.3 Å². The van der Waals surface area contributed by atoms with E-state index in [2.05, 4.69) is 0 Å². The van der Waals surface area contributed by atoms with Gasteiger partial charge in [0.05, 0.1) is 0 Å². The van der Waals surface area contributed by atoms with E-state index < -0.39 is 11.1 Å². The van der Waals surface area contributed by atoms with Crippen molar-refractivity contribution in [1.82, 2.24) is 0 Å². The van der Waals surface area contributed by atoms with Gasteiger partial charge in [-0.25, -0.2) is 0 Å². The molecule has 0 N–H and O–H groups in total. The average molecular weight is 175 g/mol. The topological polar surface area (TPSA) is 40.1 Å². The largest absolute Gasteiger partial charge is 0.772 e. The molecule has 1 fully saturated rings. The van der Waals surface area contributed by atoms with E-state index in [-0.39, 0.29) is 5.25 Å². The molecule has 0 bridgehead atoms. The summed E-state index contributed by atoms with van der Waals surface area (Å²) in [5.74, 6) is 0.432. The van der Waals surface area contributed by atoms with Gasteiger partial charge in [-0.2, -0.15) is 0 Å². The second kappa shape index (κ2) is 4.21. The van der Waals surface area contributed by atoms with E-state index in [4.69, 9.17) is 0 Å². The van der Waals surface area contributed by atoms with Gasteiger partial charge in [0, 0.05) is 5.25 Å². The van der Waals surface area contributed by atoms with E-state index in [1.807, 2.05) is 6.92 Å². The molecule has 0 radical (unpaired) electrons. The van der Waals surface area contributed by atoms with E-state index in [1.165, 1.54) is 19.3 Å². The molecule has 0 aliphatic heterocycles. The third kappa shape index (κ3) is 2.56. The normalized spacial score (nSPS) is 26.4. The Bertz CT molecular complexity index is 141. The molecule has 0 amide bonds. The maximum absolute atomic E-state index is 10.6. The van der Waals surface area contributed by atoms with Crippen LogP contribution in [-0.2, 0) is 11.1 Å². The van der Waals surface area contributed by atoms with Crippen LogP contribution in [0, 0.1) is 5.92 Å². The first kappa shape index (κ1) is 9.20. The lowest BCUT2D eigenvalue weighted by Crippen LogP contribution is -2.24. The fourth-order valence-electron chi connectivity index (χ4n) is 1.76. The second-order valence-electron chi connectivity index (χ2n) is 3.36. The van der Waals surface area contributed by atoms with Gasteiger partial charge in [0.25, 0.3) is 0 Å². The Hall–Kier alpha value is 0.110. The van der Waals surface area contributed by atoms with Crippen molar-refractivity contribution in [3.63, 3.8) is 0 Å². The van der Waals surface area contributed by atoms with E-state index in [9.17, 15) is 8.76 Å². The Morgan fingerprint density at radius 3 is 2.36 bits per heavy atom. The predicted molar refractivity (Wildman–Crippen MR) is 45.0 cm³/mol. The lowest BCUT2D eigenvalue weighted by molar-refractivity contribution is 0.344. The summed E-state index contributed by atoms with van der Waals surface area (Å²) >= 11 is -1.86. The van der Waals surface area contributed by atoms with E-state index >= 15 is 0 Å². The van der Waals surface area contributed by atoms with Crippen LogP contribution in [0.4, 0.5) is 0 Å². The van der Waals surface area contributed by atoms with Crippen LogP contribution < -0.4 is 0 Å². The van der Waals surface area contributed by atoms with E-state index in [0.717, 1.165) is 12.8 Å². The summed E-state index contributed by atoms with van der Waals surface area (Å²) < 4.78 is 21.2. The summed E-state index contributed by atoms with van der Waals surface area (Å²) in [5, 5.41) is -0.129. The third-order valence-electron chi connectivity index (χ3n) is 2.62. The van der Waals surface area contributed by atoms with Crippen LogP contribution in [-0.4, -0.2) is 14.0 Å².